The molecule has 0 unspecified atom stereocenters. The molecule has 1 aliphatic rings. The molecule has 0 saturated carbocycles. The molecule has 1 N–H and O–H groups in total. The number of hydrogen-bond donors (Lipinski definition) is 1. The summed E-state index contributed by atoms with van der Waals surface area (Å²) in [4.78, 5) is 22.1. The SMILES string of the molecule is CNc1ncc2c(n1)CN(c1ccc(F)cc1)C2=O. The number of halogens is 1. The maximum Gasteiger partial charge on any atom is 0.262 e. The van der Waals surface area contributed by atoms with Crippen LogP contribution in [0.4, 0.5) is 16.0 Å². The highest BCUT2D eigenvalue weighted by Crippen LogP contribution is 2.27. The Morgan fingerprint density at radius 2 is 2.05 bits per heavy atom. The van der Waals surface area contributed by atoms with Gasteiger partial charge < -0.3 is 10.2 Å². The normalized spacial score (nSPS) is 13.6. The van der Waals surface area contributed by atoms with Gasteiger partial charge in [-0.2, -0.15) is 0 Å². The van der Waals surface area contributed by atoms with E-state index in [1.54, 1.807) is 24.1 Å². The summed E-state index contributed by atoms with van der Waals surface area (Å²) in [6.45, 7) is 0.372. The van der Waals surface area contributed by atoms with Crippen LogP contribution in [0, 0.1) is 5.82 Å². The van der Waals surface area contributed by atoms with Gasteiger partial charge in [0.1, 0.15) is 5.82 Å². The van der Waals surface area contributed by atoms with Gasteiger partial charge in [-0.1, -0.05) is 0 Å². The van der Waals surface area contributed by atoms with E-state index in [4.69, 9.17) is 0 Å². The van der Waals surface area contributed by atoms with Gasteiger partial charge in [0.25, 0.3) is 5.91 Å². The second kappa shape index (κ2) is 4.31. The van der Waals surface area contributed by atoms with E-state index in [1.165, 1.54) is 18.3 Å². The second-order valence-electron chi connectivity index (χ2n) is 4.17. The molecule has 0 spiro atoms. The van der Waals surface area contributed by atoms with E-state index < -0.39 is 0 Å². The Morgan fingerprint density at radius 1 is 1.32 bits per heavy atom. The largest absolute Gasteiger partial charge is 0.357 e. The minimum atomic E-state index is -0.329. The van der Waals surface area contributed by atoms with E-state index in [1.807, 2.05) is 0 Å². The van der Waals surface area contributed by atoms with Crippen molar-refractivity contribution in [3.8, 4) is 0 Å². The number of nitrogens with zero attached hydrogens (tertiary/aromatic N) is 3. The maximum absolute atomic E-state index is 12.9. The van der Waals surface area contributed by atoms with Crippen LogP contribution in [0.5, 0.6) is 0 Å². The Balaban J connectivity index is 1.96. The number of carbonyl (C=O) groups excluding carboxylic acids is 1. The summed E-state index contributed by atoms with van der Waals surface area (Å²) in [6, 6.07) is 5.81. The molecule has 0 bridgehead atoms. The van der Waals surface area contributed by atoms with Gasteiger partial charge in [0.15, 0.2) is 0 Å². The van der Waals surface area contributed by atoms with Crippen LogP contribution in [0.15, 0.2) is 30.5 Å². The minimum absolute atomic E-state index is 0.163. The smallest absolute Gasteiger partial charge is 0.262 e. The maximum atomic E-state index is 12.9. The summed E-state index contributed by atoms with van der Waals surface area (Å²) >= 11 is 0. The molecule has 6 heteroatoms. The number of aromatic nitrogens is 2. The molecule has 0 radical (unpaired) electrons. The van der Waals surface area contributed by atoms with Crippen molar-refractivity contribution in [2.24, 2.45) is 0 Å². The van der Waals surface area contributed by atoms with Gasteiger partial charge >= 0.3 is 0 Å². The zero-order chi connectivity index (χ0) is 13.4. The number of hydrogen-bond acceptors (Lipinski definition) is 4. The fourth-order valence-corrected chi connectivity index (χ4v) is 2.03. The van der Waals surface area contributed by atoms with E-state index in [9.17, 15) is 9.18 Å². The quantitative estimate of drug-likeness (QED) is 0.892. The van der Waals surface area contributed by atoms with Crippen LogP contribution < -0.4 is 10.2 Å². The topological polar surface area (TPSA) is 58.1 Å². The van der Waals surface area contributed by atoms with Gasteiger partial charge in [-0.3, -0.25) is 4.79 Å². The molecule has 19 heavy (non-hydrogen) atoms. The number of rotatable bonds is 2. The van der Waals surface area contributed by atoms with Gasteiger partial charge in [-0.05, 0) is 24.3 Å². The minimum Gasteiger partial charge on any atom is -0.357 e. The van der Waals surface area contributed by atoms with Crippen molar-refractivity contribution in [1.82, 2.24) is 9.97 Å². The molecule has 0 aliphatic carbocycles. The van der Waals surface area contributed by atoms with Crippen molar-refractivity contribution >= 4 is 17.5 Å². The number of anilines is 2. The van der Waals surface area contributed by atoms with Crippen molar-refractivity contribution in [3.05, 3.63) is 47.5 Å². The van der Waals surface area contributed by atoms with Crippen molar-refractivity contribution in [2.75, 3.05) is 17.3 Å². The first kappa shape index (κ1) is 11.6. The van der Waals surface area contributed by atoms with Crippen LogP contribution in [0.25, 0.3) is 0 Å². The zero-order valence-electron chi connectivity index (χ0n) is 10.2. The molecule has 0 saturated heterocycles. The fourth-order valence-electron chi connectivity index (χ4n) is 2.03. The van der Waals surface area contributed by atoms with E-state index in [0.717, 1.165) is 0 Å². The molecule has 1 aromatic heterocycles. The number of amides is 1. The van der Waals surface area contributed by atoms with E-state index in [0.29, 0.717) is 29.4 Å². The van der Waals surface area contributed by atoms with Gasteiger partial charge in [0.2, 0.25) is 5.95 Å². The molecule has 1 aromatic carbocycles. The summed E-state index contributed by atoms with van der Waals surface area (Å²) in [5.41, 5.74) is 1.81. The fraction of sp³-hybridized carbons (Fsp3) is 0.154. The first-order valence-corrected chi connectivity index (χ1v) is 5.80. The lowest BCUT2D eigenvalue weighted by atomic mass is 10.2. The molecular weight excluding hydrogens is 247 g/mol. The lowest BCUT2D eigenvalue weighted by Gasteiger charge is -2.14. The standard InChI is InChI=1S/C13H11FN4O/c1-15-13-16-6-10-11(17-13)7-18(12(10)19)9-4-2-8(14)3-5-9/h2-6H,7H2,1H3,(H,15,16,17). The van der Waals surface area contributed by atoms with Crippen molar-refractivity contribution < 1.29 is 9.18 Å². The Labute approximate surface area is 109 Å². The number of benzene rings is 1. The summed E-state index contributed by atoms with van der Waals surface area (Å²) in [5, 5.41) is 2.83. The molecule has 1 amide bonds. The van der Waals surface area contributed by atoms with Crippen LogP contribution in [0.2, 0.25) is 0 Å². The van der Waals surface area contributed by atoms with Crippen LogP contribution in [0.3, 0.4) is 0 Å². The molecule has 5 nitrogen and oxygen atoms in total. The first-order chi connectivity index (χ1) is 9.19. The Kier molecular flexibility index (Phi) is 2.63. The Bertz CT molecular complexity index is 642. The molecule has 96 valence electrons. The lowest BCUT2D eigenvalue weighted by Crippen LogP contribution is -2.22. The predicted octanol–water partition coefficient (Wildman–Crippen LogP) is 1.82. The molecule has 3 rings (SSSR count). The Hall–Kier alpha value is -2.50. The van der Waals surface area contributed by atoms with Gasteiger partial charge in [0, 0.05) is 18.9 Å². The van der Waals surface area contributed by atoms with Crippen LogP contribution >= 0.6 is 0 Å². The van der Waals surface area contributed by atoms with E-state index >= 15 is 0 Å². The average Bonchev–Trinajstić information content (AvgIpc) is 2.76. The highest BCUT2D eigenvalue weighted by Gasteiger charge is 2.30. The third-order valence-corrected chi connectivity index (χ3v) is 3.01. The molecule has 0 fully saturated rings. The summed E-state index contributed by atoms with van der Waals surface area (Å²) in [6.07, 6.45) is 1.51. The molecule has 0 atom stereocenters. The van der Waals surface area contributed by atoms with Crippen LogP contribution in [0.1, 0.15) is 16.1 Å². The summed E-state index contributed by atoms with van der Waals surface area (Å²) < 4.78 is 12.9. The van der Waals surface area contributed by atoms with Gasteiger partial charge in [0.05, 0.1) is 17.8 Å². The molecule has 1 aliphatic heterocycles. The van der Waals surface area contributed by atoms with Crippen LogP contribution in [-0.4, -0.2) is 22.9 Å². The average molecular weight is 258 g/mol. The summed E-state index contributed by atoms with van der Waals surface area (Å²) in [7, 11) is 1.72. The highest BCUT2D eigenvalue weighted by atomic mass is 19.1. The van der Waals surface area contributed by atoms with E-state index in [2.05, 4.69) is 15.3 Å². The van der Waals surface area contributed by atoms with Gasteiger partial charge in [-0.15, -0.1) is 0 Å². The van der Waals surface area contributed by atoms with Crippen LogP contribution in [-0.2, 0) is 6.54 Å². The van der Waals surface area contributed by atoms with E-state index in [-0.39, 0.29) is 11.7 Å². The second-order valence-corrected chi connectivity index (χ2v) is 4.17. The highest BCUT2D eigenvalue weighted by molar-refractivity contribution is 6.09. The monoisotopic (exact) mass is 258 g/mol. The lowest BCUT2D eigenvalue weighted by molar-refractivity contribution is 0.0996. The zero-order valence-corrected chi connectivity index (χ0v) is 10.2. The molecule has 2 heterocycles. The number of fused-ring (bicyclic) bond motifs is 1. The third-order valence-electron chi connectivity index (χ3n) is 3.01. The first-order valence-electron chi connectivity index (χ1n) is 5.80. The number of carbonyl (C=O) groups is 1. The molecular formula is C13H11FN4O. The molecule has 2 aromatic rings. The van der Waals surface area contributed by atoms with Crippen molar-refractivity contribution in [2.45, 2.75) is 6.54 Å². The summed E-state index contributed by atoms with van der Waals surface area (Å²) in [5.74, 6) is -0.0121. The third kappa shape index (κ3) is 1.91. The van der Waals surface area contributed by atoms with Crippen molar-refractivity contribution in [3.63, 3.8) is 0 Å². The predicted molar refractivity (Wildman–Crippen MR) is 68.5 cm³/mol. The Morgan fingerprint density at radius 3 is 2.74 bits per heavy atom. The number of nitrogens with one attached hydrogen (secondary N) is 1. The van der Waals surface area contributed by atoms with Gasteiger partial charge in [-0.25, -0.2) is 14.4 Å². The van der Waals surface area contributed by atoms with Crippen molar-refractivity contribution in [1.29, 1.82) is 0 Å².